The lowest BCUT2D eigenvalue weighted by molar-refractivity contribution is -0.142. The lowest BCUT2D eigenvalue weighted by Gasteiger charge is -2.46. The summed E-state index contributed by atoms with van der Waals surface area (Å²) in [5, 5.41) is 6.60. The number of benzene rings is 2. The van der Waals surface area contributed by atoms with Crippen molar-refractivity contribution >= 4 is 17.5 Å². The van der Waals surface area contributed by atoms with Gasteiger partial charge >= 0.3 is 0 Å². The maximum absolute atomic E-state index is 13.1. The highest BCUT2D eigenvalue weighted by Crippen LogP contribution is 2.37. The Hall–Kier alpha value is -3.22. The van der Waals surface area contributed by atoms with Crippen molar-refractivity contribution in [2.24, 2.45) is 0 Å². The van der Waals surface area contributed by atoms with Crippen molar-refractivity contribution in [3.05, 3.63) is 53.6 Å². The quantitative estimate of drug-likeness (QED) is 0.719. The molecular weight excluding hydrogens is 406 g/mol. The molecule has 32 heavy (non-hydrogen) atoms. The van der Waals surface area contributed by atoms with Gasteiger partial charge in [-0.15, -0.1) is 0 Å². The molecule has 2 amide bonds. The fourth-order valence-electron chi connectivity index (χ4n) is 4.59. The van der Waals surface area contributed by atoms with Crippen molar-refractivity contribution in [2.75, 3.05) is 25.0 Å². The molecule has 2 aromatic carbocycles. The van der Waals surface area contributed by atoms with Crippen LogP contribution in [-0.2, 0) is 10.2 Å². The zero-order valence-electron chi connectivity index (χ0n) is 18.7. The second-order valence-electron chi connectivity index (χ2n) is 9.86. The van der Waals surface area contributed by atoms with Crippen molar-refractivity contribution in [2.45, 2.75) is 50.8 Å². The molecule has 0 bridgehead atoms. The minimum Gasteiger partial charge on any atom is -0.485 e. The normalized spacial score (nSPS) is 21.4. The fourth-order valence-corrected chi connectivity index (χ4v) is 4.59. The van der Waals surface area contributed by atoms with Gasteiger partial charge in [-0.1, -0.05) is 39.0 Å². The molecule has 1 atom stereocenters. The number of amides is 2. The molecule has 0 aliphatic carbocycles. The third kappa shape index (κ3) is 3.66. The third-order valence-electron chi connectivity index (χ3n) is 6.57. The minimum atomic E-state index is -0.660. The molecule has 7 nitrogen and oxygen atoms in total. The average molecular weight is 436 g/mol. The zero-order valence-corrected chi connectivity index (χ0v) is 18.7. The van der Waals surface area contributed by atoms with E-state index in [0.29, 0.717) is 43.0 Å². The largest absolute Gasteiger partial charge is 0.485 e. The van der Waals surface area contributed by atoms with Crippen LogP contribution < -0.4 is 20.1 Å². The lowest BCUT2D eigenvalue weighted by Crippen LogP contribution is -2.63. The second kappa shape index (κ2) is 7.43. The molecule has 0 aromatic heterocycles. The van der Waals surface area contributed by atoms with Gasteiger partial charge < -0.3 is 25.0 Å². The molecule has 3 aliphatic rings. The molecular formula is C25H29N3O4. The first-order valence-corrected chi connectivity index (χ1v) is 11.2. The van der Waals surface area contributed by atoms with Crippen LogP contribution in [0.25, 0.3) is 0 Å². The Morgan fingerprint density at radius 3 is 2.56 bits per heavy atom. The van der Waals surface area contributed by atoms with Crippen LogP contribution in [0.15, 0.2) is 42.5 Å². The monoisotopic (exact) mass is 435 g/mol. The molecule has 2 aromatic rings. The van der Waals surface area contributed by atoms with Gasteiger partial charge in [-0.25, -0.2) is 0 Å². The molecule has 1 spiro atoms. The van der Waals surface area contributed by atoms with Crippen LogP contribution in [0.5, 0.6) is 11.5 Å². The van der Waals surface area contributed by atoms with Gasteiger partial charge in [0.2, 0.25) is 6.10 Å². The molecule has 7 heteroatoms. The van der Waals surface area contributed by atoms with E-state index in [1.54, 1.807) is 0 Å². The first-order valence-electron chi connectivity index (χ1n) is 11.2. The number of nitrogens with zero attached hydrogens (tertiary/aromatic N) is 1. The molecule has 5 rings (SSSR count). The van der Waals surface area contributed by atoms with Crippen LogP contribution in [0.1, 0.15) is 49.5 Å². The Balaban J connectivity index is 1.24. The van der Waals surface area contributed by atoms with Crippen LogP contribution >= 0.6 is 0 Å². The van der Waals surface area contributed by atoms with Crippen LogP contribution in [0.4, 0.5) is 5.69 Å². The first-order chi connectivity index (χ1) is 15.2. The van der Waals surface area contributed by atoms with E-state index < -0.39 is 11.8 Å². The molecule has 2 N–H and O–H groups in total. The Bertz CT molecular complexity index is 1070. The smallest absolute Gasteiger partial charge is 0.267 e. The van der Waals surface area contributed by atoms with Crippen LogP contribution in [0.3, 0.4) is 0 Å². The van der Waals surface area contributed by atoms with Gasteiger partial charge in [-0.2, -0.15) is 0 Å². The number of likely N-dealkylation sites (tertiary alicyclic amines) is 1. The third-order valence-corrected chi connectivity index (χ3v) is 6.57. The average Bonchev–Trinajstić information content (AvgIpc) is 2.78. The number of hydrogen-bond donors (Lipinski definition) is 2. The number of nitrogens with one attached hydrogen (secondary N) is 2. The van der Waals surface area contributed by atoms with Gasteiger partial charge in [0.05, 0.1) is 5.56 Å². The molecule has 1 fully saturated rings. The Morgan fingerprint density at radius 2 is 1.81 bits per heavy atom. The highest BCUT2D eigenvalue weighted by atomic mass is 16.6. The predicted molar refractivity (Wildman–Crippen MR) is 121 cm³/mol. The first kappa shape index (κ1) is 20.7. The maximum atomic E-state index is 13.1. The van der Waals surface area contributed by atoms with E-state index in [0.717, 1.165) is 11.3 Å². The van der Waals surface area contributed by atoms with Gasteiger partial charge in [0.1, 0.15) is 12.3 Å². The number of para-hydroxylation sites is 1. The summed E-state index contributed by atoms with van der Waals surface area (Å²) in [5.74, 6) is 1.14. The molecule has 168 valence electrons. The molecule has 0 saturated carbocycles. The molecule has 3 aliphatic heterocycles. The molecule has 3 heterocycles. The summed E-state index contributed by atoms with van der Waals surface area (Å²) in [6.45, 7) is 7.71. The van der Waals surface area contributed by atoms with Crippen molar-refractivity contribution in [1.82, 2.24) is 10.2 Å². The number of rotatable bonds is 1. The number of carbonyl (C=O) groups is 2. The van der Waals surface area contributed by atoms with Crippen molar-refractivity contribution in [1.29, 1.82) is 0 Å². The van der Waals surface area contributed by atoms with Crippen LogP contribution in [0.2, 0.25) is 0 Å². The van der Waals surface area contributed by atoms with Crippen molar-refractivity contribution in [3.8, 4) is 11.5 Å². The summed E-state index contributed by atoms with van der Waals surface area (Å²) in [7, 11) is 0. The van der Waals surface area contributed by atoms with E-state index >= 15 is 0 Å². The molecule has 0 unspecified atom stereocenters. The summed E-state index contributed by atoms with van der Waals surface area (Å²) in [4.78, 5) is 27.5. The van der Waals surface area contributed by atoms with E-state index in [9.17, 15) is 9.59 Å². The number of fused-ring (bicyclic) bond motifs is 2. The Kier molecular flexibility index (Phi) is 4.80. The topological polar surface area (TPSA) is 79.9 Å². The van der Waals surface area contributed by atoms with Gasteiger partial charge in [0.25, 0.3) is 11.8 Å². The fraction of sp³-hybridized carbons (Fsp3) is 0.440. The summed E-state index contributed by atoms with van der Waals surface area (Å²) in [6, 6.07) is 13.4. The number of piperidine rings is 1. The predicted octanol–water partition coefficient (Wildman–Crippen LogP) is 3.30. The Labute approximate surface area is 188 Å². The van der Waals surface area contributed by atoms with Gasteiger partial charge in [0.15, 0.2) is 11.5 Å². The zero-order chi connectivity index (χ0) is 22.5. The summed E-state index contributed by atoms with van der Waals surface area (Å²) >= 11 is 0. The van der Waals surface area contributed by atoms with Gasteiger partial charge in [-0.3, -0.25) is 9.59 Å². The SMILES string of the molecule is CC(C)(C)c1ccc2c(c1)OC[C@H](C(=O)N1CCC3(CC1)NC(=O)c1ccccc1N3)O2. The van der Waals surface area contributed by atoms with Gasteiger partial charge in [-0.05, 0) is 35.2 Å². The maximum Gasteiger partial charge on any atom is 0.267 e. The molecule has 0 radical (unpaired) electrons. The van der Waals surface area contributed by atoms with E-state index in [4.69, 9.17) is 9.47 Å². The Morgan fingerprint density at radius 1 is 1.06 bits per heavy atom. The minimum absolute atomic E-state index is 0.0118. The highest BCUT2D eigenvalue weighted by molar-refractivity contribution is 6.02. The number of anilines is 1. The number of carbonyl (C=O) groups excluding carboxylic acids is 2. The van der Waals surface area contributed by atoms with Crippen LogP contribution in [-0.4, -0.2) is 48.2 Å². The second-order valence-corrected chi connectivity index (χ2v) is 9.86. The van der Waals surface area contributed by atoms with Crippen molar-refractivity contribution in [3.63, 3.8) is 0 Å². The summed E-state index contributed by atoms with van der Waals surface area (Å²) in [6.07, 6.45) is 0.585. The number of hydrogen-bond acceptors (Lipinski definition) is 5. The van der Waals surface area contributed by atoms with E-state index in [2.05, 4.69) is 31.4 Å². The summed E-state index contributed by atoms with van der Waals surface area (Å²) in [5.41, 5.74) is 2.14. The lowest BCUT2D eigenvalue weighted by atomic mass is 9.87. The van der Waals surface area contributed by atoms with Crippen LogP contribution in [0, 0.1) is 0 Å². The van der Waals surface area contributed by atoms with E-state index in [-0.39, 0.29) is 23.8 Å². The van der Waals surface area contributed by atoms with Crippen molar-refractivity contribution < 1.29 is 19.1 Å². The summed E-state index contributed by atoms with van der Waals surface area (Å²) < 4.78 is 11.9. The molecule has 1 saturated heterocycles. The highest BCUT2D eigenvalue weighted by Gasteiger charge is 2.42. The van der Waals surface area contributed by atoms with E-state index in [1.807, 2.05) is 47.4 Å². The standard InChI is InChI=1S/C25H29N3O4/c1-24(2,3)16-8-9-19-20(14-16)31-15-21(32-19)23(30)28-12-10-25(11-13-28)26-18-7-5-4-6-17(18)22(29)27-25/h4-9,14,21,26H,10-13,15H2,1-3H3,(H,27,29)/t21-/m1/s1. The van der Waals surface area contributed by atoms with E-state index in [1.165, 1.54) is 0 Å². The number of ether oxygens (including phenoxy) is 2. The van der Waals surface area contributed by atoms with Gasteiger partial charge in [0, 0.05) is 31.6 Å².